The summed E-state index contributed by atoms with van der Waals surface area (Å²) in [6.07, 6.45) is 2.94. The highest BCUT2D eigenvalue weighted by atomic mass is 16.4. The maximum atomic E-state index is 11.8. The maximum absolute atomic E-state index is 11.8. The minimum Gasteiger partial charge on any atom is -0.480 e. The molecule has 1 unspecified atom stereocenters. The van der Waals surface area contributed by atoms with Crippen LogP contribution in [0.5, 0.6) is 0 Å². The first-order chi connectivity index (χ1) is 9.56. The third-order valence-corrected chi connectivity index (χ3v) is 2.73. The number of nitrogens with one attached hydrogen (secondary N) is 2. The summed E-state index contributed by atoms with van der Waals surface area (Å²) in [7, 11) is 0. The van der Waals surface area contributed by atoms with Gasteiger partial charge >= 0.3 is 5.97 Å². The van der Waals surface area contributed by atoms with Crippen LogP contribution in [0.1, 0.15) is 0 Å². The number of carbonyl (C=O) groups is 3. The Labute approximate surface area is 114 Å². The van der Waals surface area contributed by atoms with Crippen molar-refractivity contribution in [2.45, 2.75) is 6.04 Å². The molecule has 0 saturated carbocycles. The zero-order chi connectivity index (χ0) is 14.5. The first-order valence-corrected chi connectivity index (χ1v) is 5.86. The van der Waals surface area contributed by atoms with Crippen LogP contribution >= 0.6 is 0 Å². The van der Waals surface area contributed by atoms with Crippen LogP contribution in [0.2, 0.25) is 0 Å². The van der Waals surface area contributed by atoms with Crippen molar-refractivity contribution >= 4 is 23.7 Å². The minimum absolute atomic E-state index is 0.0245. The smallest absolute Gasteiger partial charge is 0.322 e. The van der Waals surface area contributed by atoms with Crippen molar-refractivity contribution in [2.75, 3.05) is 25.0 Å². The first-order valence-electron chi connectivity index (χ1n) is 5.86. The van der Waals surface area contributed by atoms with Gasteiger partial charge in [0.2, 0.25) is 17.8 Å². The number of amides is 2. The van der Waals surface area contributed by atoms with Gasteiger partial charge in [-0.05, 0) is 6.07 Å². The largest absolute Gasteiger partial charge is 0.480 e. The number of aliphatic carboxylic acids is 1. The fourth-order valence-electron chi connectivity index (χ4n) is 1.81. The monoisotopic (exact) mass is 279 g/mol. The number of carboxylic acid groups (broad SMARTS) is 1. The summed E-state index contributed by atoms with van der Waals surface area (Å²) < 4.78 is 0. The van der Waals surface area contributed by atoms with Crippen LogP contribution in [-0.4, -0.2) is 63.4 Å². The fraction of sp³-hybridized carbons (Fsp3) is 0.364. The molecule has 1 saturated heterocycles. The van der Waals surface area contributed by atoms with Crippen molar-refractivity contribution in [1.29, 1.82) is 0 Å². The molecule has 2 heterocycles. The van der Waals surface area contributed by atoms with Crippen molar-refractivity contribution in [3.8, 4) is 0 Å². The van der Waals surface area contributed by atoms with E-state index in [4.69, 9.17) is 5.11 Å². The Balaban J connectivity index is 1.97. The summed E-state index contributed by atoms with van der Waals surface area (Å²) in [5.41, 5.74) is 0. The molecular formula is C11H13N5O4. The fourth-order valence-corrected chi connectivity index (χ4v) is 1.81. The normalized spacial score (nSPS) is 19.2. The quantitative estimate of drug-likeness (QED) is 0.600. The summed E-state index contributed by atoms with van der Waals surface area (Å²) in [4.78, 5) is 43.1. The van der Waals surface area contributed by atoms with Gasteiger partial charge in [-0.3, -0.25) is 24.6 Å². The Bertz CT molecular complexity index is 521. The Morgan fingerprint density at radius 3 is 2.80 bits per heavy atom. The van der Waals surface area contributed by atoms with E-state index in [-0.39, 0.29) is 31.5 Å². The highest BCUT2D eigenvalue weighted by Gasteiger charge is 2.33. The van der Waals surface area contributed by atoms with Crippen molar-refractivity contribution in [2.24, 2.45) is 0 Å². The third kappa shape index (κ3) is 3.48. The van der Waals surface area contributed by atoms with Crippen LogP contribution < -0.4 is 10.6 Å². The van der Waals surface area contributed by atoms with Crippen LogP contribution in [0, 0.1) is 0 Å². The van der Waals surface area contributed by atoms with Crippen molar-refractivity contribution in [3.05, 3.63) is 18.5 Å². The van der Waals surface area contributed by atoms with Gasteiger partial charge in [0.15, 0.2) is 0 Å². The van der Waals surface area contributed by atoms with Crippen molar-refractivity contribution < 1.29 is 19.5 Å². The Morgan fingerprint density at radius 2 is 2.15 bits per heavy atom. The molecule has 106 valence electrons. The lowest BCUT2D eigenvalue weighted by Gasteiger charge is -2.31. The lowest BCUT2D eigenvalue weighted by Crippen LogP contribution is -2.58. The van der Waals surface area contributed by atoms with Gasteiger partial charge in [0, 0.05) is 18.9 Å². The summed E-state index contributed by atoms with van der Waals surface area (Å²) in [5, 5.41) is 13.9. The second kappa shape index (κ2) is 6.06. The molecular weight excluding hydrogens is 266 g/mol. The number of piperazine rings is 1. The van der Waals surface area contributed by atoms with E-state index in [9.17, 15) is 14.4 Å². The van der Waals surface area contributed by atoms with E-state index < -0.39 is 17.9 Å². The number of anilines is 1. The molecule has 0 aliphatic carbocycles. The van der Waals surface area contributed by atoms with Gasteiger partial charge in [0.25, 0.3) is 0 Å². The standard InChI is InChI=1S/C11H13N5O4/c17-8-5-16(7(4-14-8)10(19)20)6-9(18)15-11-12-2-1-3-13-11/h1-3,7H,4-6H2,(H,14,17)(H,19,20)(H,12,13,15,18). The van der Waals surface area contributed by atoms with E-state index in [1.165, 1.54) is 17.3 Å². The lowest BCUT2D eigenvalue weighted by atomic mass is 10.2. The van der Waals surface area contributed by atoms with Gasteiger partial charge < -0.3 is 10.4 Å². The van der Waals surface area contributed by atoms with Gasteiger partial charge in [0.1, 0.15) is 6.04 Å². The summed E-state index contributed by atoms with van der Waals surface area (Å²) in [5.74, 6) is -1.75. The molecule has 1 atom stereocenters. The Morgan fingerprint density at radius 1 is 1.45 bits per heavy atom. The van der Waals surface area contributed by atoms with E-state index >= 15 is 0 Å². The van der Waals surface area contributed by atoms with Crippen LogP contribution in [0.25, 0.3) is 0 Å². The molecule has 2 rings (SSSR count). The molecule has 0 radical (unpaired) electrons. The highest BCUT2D eigenvalue weighted by molar-refractivity contribution is 5.92. The lowest BCUT2D eigenvalue weighted by molar-refractivity contribution is -0.146. The number of carbonyl (C=O) groups excluding carboxylic acids is 2. The molecule has 1 aliphatic rings. The minimum atomic E-state index is -1.09. The number of aromatic nitrogens is 2. The van der Waals surface area contributed by atoms with E-state index in [1.807, 2.05) is 0 Å². The van der Waals surface area contributed by atoms with Crippen LogP contribution in [0.4, 0.5) is 5.95 Å². The van der Waals surface area contributed by atoms with E-state index in [2.05, 4.69) is 20.6 Å². The van der Waals surface area contributed by atoms with Gasteiger partial charge in [-0.15, -0.1) is 0 Å². The molecule has 1 aliphatic heterocycles. The molecule has 2 amide bonds. The average molecular weight is 279 g/mol. The zero-order valence-corrected chi connectivity index (χ0v) is 10.4. The summed E-state index contributed by atoms with van der Waals surface area (Å²) >= 11 is 0. The molecule has 1 aromatic heterocycles. The third-order valence-electron chi connectivity index (χ3n) is 2.73. The number of hydrogen-bond acceptors (Lipinski definition) is 6. The van der Waals surface area contributed by atoms with E-state index in [0.29, 0.717) is 0 Å². The predicted molar refractivity (Wildman–Crippen MR) is 66.7 cm³/mol. The second-order valence-electron chi connectivity index (χ2n) is 4.18. The molecule has 1 fully saturated rings. The van der Waals surface area contributed by atoms with Gasteiger partial charge in [-0.2, -0.15) is 0 Å². The molecule has 0 spiro atoms. The van der Waals surface area contributed by atoms with Crippen LogP contribution in [0.3, 0.4) is 0 Å². The summed E-state index contributed by atoms with van der Waals surface area (Å²) in [6.45, 7) is -0.383. The van der Waals surface area contributed by atoms with Crippen LogP contribution in [-0.2, 0) is 14.4 Å². The van der Waals surface area contributed by atoms with Gasteiger partial charge in [-0.25, -0.2) is 9.97 Å². The van der Waals surface area contributed by atoms with Crippen molar-refractivity contribution in [3.63, 3.8) is 0 Å². The second-order valence-corrected chi connectivity index (χ2v) is 4.18. The number of hydrogen-bond donors (Lipinski definition) is 3. The number of rotatable bonds is 4. The predicted octanol–water partition coefficient (Wildman–Crippen LogP) is -1.70. The molecule has 9 heteroatoms. The molecule has 0 aromatic carbocycles. The SMILES string of the molecule is O=C1CN(CC(=O)Nc2ncccn2)C(C(=O)O)CN1. The van der Waals surface area contributed by atoms with Gasteiger partial charge in [-0.1, -0.05) is 0 Å². The maximum Gasteiger partial charge on any atom is 0.322 e. The van der Waals surface area contributed by atoms with Crippen molar-refractivity contribution in [1.82, 2.24) is 20.2 Å². The Kier molecular flexibility index (Phi) is 4.20. The molecule has 1 aromatic rings. The molecule has 0 bridgehead atoms. The first kappa shape index (κ1) is 13.9. The zero-order valence-electron chi connectivity index (χ0n) is 10.4. The van der Waals surface area contributed by atoms with Gasteiger partial charge in [0.05, 0.1) is 13.1 Å². The van der Waals surface area contributed by atoms with E-state index in [0.717, 1.165) is 0 Å². The number of carboxylic acids is 1. The molecule has 3 N–H and O–H groups in total. The average Bonchev–Trinajstić information content (AvgIpc) is 2.39. The molecule has 9 nitrogen and oxygen atoms in total. The highest BCUT2D eigenvalue weighted by Crippen LogP contribution is 2.05. The van der Waals surface area contributed by atoms with E-state index in [1.54, 1.807) is 6.07 Å². The van der Waals surface area contributed by atoms with Crippen LogP contribution in [0.15, 0.2) is 18.5 Å². The number of nitrogens with zero attached hydrogens (tertiary/aromatic N) is 3. The topological polar surface area (TPSA) is 125 Å². The Hall–Kier alpha value is -2.55. The molecule has 20 heavy (non-hydrogen) atoms. The summed E-state index contributed by atoms with van der Waals surface area (Å²) in [6, 6.07) is 0.681.